The maximum absolute atomic E-state index is 12.4. The zero-order valence-corrected chi connectivity index (χ0v) is 13.7. The fourth-order valence-corrected chi connectivity index (χ4v) is 2.64. The summed E-state index contributed by atoms with van der Waals surface area (Å²) in [6.07, 6.45) is 3.45. The van der Waals surface area contributed by atoms with E-state index in [1.165, 1.54) is 0 Å². The number of carbonyl (C=O) groups is 1. The molecule has 0 N–H and O–H groups in total. The zero-order chi connectivity index (χ0) is 14.9. The summed E-state index contributed by atoms with van der Waals surface area (Å²) in [6.45, 7) is 5.43. The van der Waals surface area contributed by atoms with Crippen LogP contribution >= 0.6 is 15.9 Å². The molecule has 20 heavy (non-hydrogen) atoms. The minimum Gasteiger partial charge on any atom is -0.336 e. The van der Waals surface area contributed by atoms with Crippen molar-refractivity contribution in [3.8, 4) is 0 Å². The number of rotatable bonds is 4. The molecule has 7 heteroatoms. The van der Waals surface area contributed by atoms with Gasteiger partial charge in [-0.05, 0) is 29.8 Å². The van der Waals surface area contributed by atoms with Crippen LogP contribution < -0.4 is 0 Å². The van der Waals surface area contributed by atoms with Crippen molar-refractivity contribution < 1.29 is 4.79 Å². The van der Waals surface area contributed by atoms with E-state index in [0.717, 1.165) is 17.8 Å². The minimum atomic E-state index is -0.0690. The Hall–Kier alpha value is -1.63. The van der Waals surface area contributed by atoms with E-state index in [0.29, 0.717) is 16.7 Å². The van der Waals surface area contributed by atoms with Gasteiger partial charge in [-0.2, -0.15) is 10.2 Å². The fraction of sp³-hybridized carbons (Fsp3) is 0.462. The second-order valence-electron chi connectivity index (χ2n) is 4.70. The number of halogens is 1. The monoisotopic (exact) mass is 339 g/mol. The molecule has 0 aliphatic carbocycles. The van der Waals surface area contributed by atoms with E-state index >= 15 is 0 Å². The number of nitrogens with zero attached hydrogens (tertiary/aromatic N) is 5. The van der Waals surface area contributed by atoms with Gasteiger partial charge in [0.15, 0.2) is 0 Å². The van der Waals surface area contributed by atoms with Gasteiger partial charge in [0.25, 0.3) is 5.91 Å². The van der Waals surface area contributed by atoms with Gasteiger partial charge in [0, 0.05) is 38.4 Å². The molecule has 0 spiro atoms. The first-order valence-corrected chi connectivity index (χ1v) is 7.19. The summed E-state index contributed by atoms with van der Waals surface area (Å²) in [6, 6.07) is 0. The molecule has 0 radical (unpaired) electrons. The molecule has 2 heterocycles. The molecule has 0 aliphatic rings. The summed E-state index contributed by atoms with van der Waals surface area (Å²) in [5.41, 5.74) is 2.70. The Bertz CT molecular complexity index is 611. The number of aromatic nitrogens is 4. The lowest BCUT2D eigenvalue weighted by Gasteiger charge is -2.17. The van der Waals surface area contributed by atoms with Crippen LogP contribution in [0, 0.1) is 6.92 Å². The molecule has 0 fully saturated rings. The molecule has 0 saturated carbocycles. The highest BCUT2D eigenvalue weighted by Gasteiger charge is 2.20. The van der Waals surface area contributed by atoms with Crippen LogP contribution in [0.4, 0.5) is 0 Å². The lowest BCUT2D eigenvalue weighted by atomic mass is 10.2. The maximum atomic E-state index is 12.4. The molecule has 0 atom stereocenters. The second-order valence-corrected chi connectivity index (χ2v) is 5.55. The first-order chi connectivity index (χ1) is 9.45. The van der Waals surface area contributed by atoms with Gasteiger partial charge >= 0.3 is 0 Å². The van der Waals surface area contributed by atoms with E-state index in [4.69, 9.17) is 0 Å². The third-order valence-electron chi connectivity index (χ3n) is 3.36. The highest BCUT2D eigenvalue weighted by molar-refractivity contribution is 9.10. The molecule has 108 valence electrons. The quantitative estimate of drug-likeness (QED) is 0.855. The van der Waals surface area contributed by atoms with E-state index in [1.807, 2.05) is 24.7 Å². The SMILES string of the molecule is CCn1ncc(CN(C)C(=O)c2c(Br)cnn2C)c1C. The van der Waals surface area contributed by atoms with E-state index in [1.54, 1.807) is 29.9 Å². The summed E-state index contributed by atoms with van der Waals surface area (Å²) in [4.78, 5) is 14.1. The normalized spacial score (nSPS) is 10.8. The van der Waals surface area contributed by atoms with Gasteiger partial charge in [-0.15, -0.1) is 0 Å². The molecule has 2 rings (SSSR count). The molecule has 1 amide bonds. The highest BCUT2D eigenvalue weighted by Crippen LogP contribution is 2.18. The topological polar surface area (TPSA) is 56.0 Å². The van der Waals surface area contributed by atoms with Crippen molar-refractivity contribution in [2.45, 2.75) is 26.9 Å². The molecule has 2 aromatic heterocycles. The number of hydrogen-bond acceptors (Lipinski definition) is 3. The van der Waals surface area contributed by atoms with Crippen LogP contribution in [-0.2, 0) is 20.1 Å². The second kappa shape index (κ2) is 5.78. The predicted molar refractivity (Wildman–Crippen MR) is 79.3 cm³/mol. The molecular weight excluding hydrogens is 322 g/mol. The molecule has 6 nitrogen and oxygen atoms in total. The molecule has 0 aromatic carbocycles. The summed E-state index contributed by atoms with van der Waals surface area (Å²) in [5.74, 6) is -0.0690. The minimum absolute atomic E-state index is 0.0690. The first-order valence-electron chi connectivity index (χ1n) is 6.40. The molecule has 0 unspecified atom stereocenters. The zero-order valence-electron chi connectivity index (χ0n) is 12.1. The summed E-state index contributed by atoms with van der Waals surface area (Å²) >= 11 is 3.35. The fourth-order valence-electron chi connectivity index (χ4n) is 2.12. The number of amides is 1. The lowest BCUT2D eigenvalue weighted by molar-refractivity contribution is 0.0773. The maximum Gasteiger partial charge on any atom is 0.273 e. The average Bonchev–Trinajstić information content (AvgIpc) is 2.93. The average molecular weight is 340 g/mol. The largest absolute Gasteiger partial charge is 0.336 e. The summed E-state index contributed by atoms with van der Waals surface area (Å²) < 4.78 is 4.21. The Morgan fingerprint density at radius 1 is 1.40 bits per heavy atom. The van der Waals surface area contributed by atoms with Gasteiger partial charge in [-0.1, -0.05) is 0 Å². The van der Waals surface area contributed by atoms with Gasteiger partial charge in [0.2, 0.25) is 0 Å². The first kappa shape index (κ1) is 14.8. The predicted octanol–water partition coefficient (Wildman–Crippen LogP) is 1.98. The van der Waals surface area contributed by atoms with Crippen LogP contribution in [0.3, 0.4) is 0 Å². The van der Waals surface area contributed by atoms with Gasteiger partial charge in [-0.3, -0.25) is 14.2 Å². The number of aryl methyl sites for hydroxylation is 2. The Kier molecular flexibility index (Phi) is 4.27. The Balaban J connectivity index is 2.18. The van der Waals surface area contributed by atoms with Crippen molar-refractivity contribution >= 4 is 21.8 Å². The number of carbonyl (C=O) groups excluding carboxylic acids is 1. The molecule has 0 bridgehead atoms. The van der Waals surface area contributed by atoms with Crippen molar-refractivity contribution in [1.82, 2.24) is 24.5 Å². The van der Waals surface area contributed by atoms with E-state index in [9.17, 15) is 4.79 Å². The molecule has 0 saturated heterocycles. The molecule has 0 aliphatic heterocycles. The Morgan fingerprint density at radius 2 is 2.10 bits per heavy atom. The summed E-state index contributed by atoms with van der Waals surface area (Å²) in [7, 11) is 3.54. The van der Waals surface area contributed by atoms with Crippen molar-refractivity contribution in [2.75, 3.05) is 7.05 Å². The van der Waals surface area contributed by atoms with Crippen LogP contribution in [0.5, 0.6) is 0 Å². The summed E-state index contributed by atoms with van der Waals surface area (Å²) in [5, 5.41) is 8.36. The van der Waals surface area contributed by atoms with Crippen molar-refractivity contribution in [2.24, 2.45) is 7.05 Å². The van der Waals surface area contributed by atoms with Crippen LogP contribution in [0.15, 0.2) is 16.9 Å². The van der Waals surface area contributed by atoms with Gasteiger partial charge in [0.1, 0.15) is 5.69 Å². The van der Waals surface area contributed by atoms with E-state index in [2.05, 4.69) is 26.1 Å². The highest BCUT2D eigenvalue weighted by atomic mass is 79.9. The molecular formula is C13H18BrN5O. The Morgan fingerprint density at radius 3 is 2.60 bits per heavy atom. The van der Waals surface area contributed by atoms with E-state index in [-0.39, 0.29) is 5.91 Å². The van der Waals surface area contributed by atoms with Gasteiger partial charge in [0.05, 0.1) is 16.9 Å². The van der Waals surface area contributed by atoms with Crippen LogP contribution in [-0.4, -0.2) is 37.4 Å². The standard InChI is InChI=1S/C13H18BrN5O/c1-5-19-9(2)10(6-16-19)8-17(3)13(20)12-11(14)7-15-18(12)4/h6-7H,5,8H2,1-4H3. The van der Waals surface area contributed by atoms with Crippen molar-refractivity contribution in [1.29, 1.82) is 0 Å². The van der Waals surface area contributed by atoms with Crippen LogP contribution in [0.2, 0.25) is 0 Å². The smallest absolute Gasteiger partial charge is 0.273 e. The van der Waals surface area contributed by atoms with Crippen molar-refractivity contribution in [3.05, 3.63) is 33.8 Å². The van der Waals surface area contributed by atoms with Gasteiger partial charge < -0.3 is 4.90 Å². The van der Waals surface area contributed by atoms with E-state index < -0.39 is 0 Å². The number of hydrogen-bond donors (Lipinski definition) is 0. The third kappa shape index (κ3) is 2.63. The van der Waals surface area contributed by atoms with Gasteiger partial charge in [-0.25, -0.2) is 0 Å². The third-order valence-corrected chi connectivity index (χ3v) is 3.94. The Labute approximate surface area is 126 Å². The van der Waals surface area contributed by atoms with Crippen molar-refractivity contribution in [3.63, 3.8) is 0 Å². The van der Waals surface area contributed by atoms with Crippen LogP contribution in [0.1, 0.15) is 28.7 Å². The molecule has 2 aromatic rings. The van der Waals surface area contributed by atoms with Crippen LogP contribution in [0.25, 0.3) is 0 Å². The lowest BCUT2D eigenvalue weighted by Crippen LogP contribution is -2.28.